The smallest absolute Gasteiger partial charge is 0.211 e. The molecule has 1 aromatic heterocycles. The largest absolute Gasteiger partial charge is 0.390 e. The first-order valence-electron chi connectivity index (χ1n) is 8.02. The van der Waals surface area contributed by atoms with Crippen LogP contribution in [-0.4, -0.2) is 52.7 Å². The van der Waals surface area contributed by atoms with Gasteiger partial charge in [0.2, 0.25) is 11.6 Å². The Labute approximate surface area is 139 Å². The number of methoxy groups -OCH3 is 1. The minimum atomic E-state index is -1.09. The Hall–Kier alpha value is -1.96. The van der Waals surface area contributed by atoms with Gasteiger partial charge >= 0.3 is 0 Å². The number of ether oxygens (including phenoxy) is 1. The van der Waals surface area contributed by atoms with Crippen LogP contribution in [0.5, 0.6) is 0 Å². The lowest BCUT2D eigenvalue weighted by Gasteiger charge is -2.28. The zero-order valence-corrected chi connectivity index (χ0v) is 14.0. The summed E-state index contributed by atoms with van der Waals surface area (Å²) in [7, 11) is 1.56. The molecule has 0 saturated heterocycles. The van der Waals surface area contributed by atoms with Crippen molar-refractivity contribution in [3.63, 3.8) is 0 Å². The van der Waals surface area contributed by atoms with Gasteiger partial charge in [0.15, 0.2) is 0 Å². The van der Waals surface area contributed by atoms with Gasteiger partial charge in [-0.1, -0.05) is 0 Å². The molecule has 0 unspecified atom stereocenters. The highest BCUT2D eigenvalue weighted by Crippen LogP contribution is 2.38. The van der Waals surface area contributed by atoms with Gasteiger partial charge in [0.1, 0.15) is 11.8 Å². The number of aliphatic hydroxyl groups is 2. The van der Waals surface area contributed by atoms with Gasteiger partial charge in [0.25, 0.3) is 0 Å². The lowest BCUT2D eigenvalue weighted by atomic mass is 9.90. The SMILES string of the molecule is COCCNC1=C(C)C(=O)c2c(c(C)c3n2CC[C@H](O)[C@@H]3O)C1=O. The number of allylic oxidation sites excluding steroid dienone is 2. The van der Waals surface area contributed by atoms with E-state index in [2.05, 4.69) is 5.32 Å². The minimum absolute atomic E-state index is 0.220. The number of fused-ring (bicyclic) bond motifs is 3. The predicted octanol–water partition coefficient (Wildman–Crippen LogP) is 0.484. The number of aromatic nitrogens is 1. The first-order chi connectivity index (χ1) is 11.4. The van der Waals surface area contributed by atoms with E-state index in [9.17, 15) is 19.8 Å². The standard InChI is InChI=1S/C17H22N2O5/c1-8-11-14(19-6-4-10(20)16(22)13(8)19)15(21)9(2)12(17(11)23)18-5-7-24-3/h10,16,18,20,22H,4-7H2,1-3H3/t10-,16-/m0/s1. The fraction of sp³-hybridized carbons (Fsp3) is 0.529. The zero-order chi connectivity index (χ0) is 17.6. The second-order valence-electron chi connectivity index (χ2n) is 6.26. The summed E-state index contributed by atoms with van der Waals surface area (Å²) >= 11 is 0. The van der Waals surface area contributed by atoms with E-state index in [-0.39, 0.29) is 17.3 Å². The van der Waals surface area contributed by atoms with Crippen molar-refractivity contribution in [2.45, 2.75) is 39.0 Å². The number of Topliss-reactive ketones (excluding diaryl/α,β-unsaturated/α-hetero) is 2. The number of hydrogen-bond donors (Lipinski definition) is 3. The number of ketones is 2. The van der Waals surface area contributed by atoms with Gasteiger partial charge < -0.3 is 24.8 Å². The molecule has 0 saturated carbocycles. The number of aliphatic hydroxyl groups excluding tert-OH is 2. The quantitative estimate of drug-likeness (QED) is 0.693. The third-order valence-electron chi connectivity index (χ3n) is 4.84. The highest BCUT2D eigenvalue weighted by Gasteiger charge is 2.40. The van der Waals surface area contributed by atoms with Gasteiger partial charge in [-0.3, -0.25) is 9.59 Å². The second-order valence-corrected chi connectivity index (χ2v) is 6.26. The summed E-state index contributed by atoms with van der Waals surface area (Å²) in [4.78, 5) is 25.8. The summed E-state index contributed by atoms with van der Waals surface area (Å²) in [6.07, 6.45) is -1.63. The van der Waals surface area contributed by atoms with E-state index < -0.39 is 12.2 Å². The Morgan fingerprint density at radius 2 is 1.96 bits per heavy atom. The first kappa shape index (κ1) is 16.9. The van der Waals surface area contributed by atoms with E-state index in [1.807, 2.05) is 0 Å². The van der Waals surface area contributed by atoms with Gasteiger partial charge in [0, 0.05) is 25.8 Å². The third kappa shape index (κ3) is 2.31. The minimum Gasteiger partial charge on any atom is -0.390 e. The highest BCUT2D eigenvalue weighted by molar-refractivity contribution is 6.26. The molecule has 2 aliphatic rings. The monoisotopic (exact) mass is 334 g/mol. The van der Waals surface area contributed by atoms with Crippen molar-refractivity contribution in [3.05, 3.63) is 33.8 Å². The number of carbonyl (C=O) groups is 2. The topological polar surface area (TPSA) is 101 Å². The summed E-state index contributed by atoms with van der Waals surface area (Å²) in [6, 6.07) is 0. The van der Waals surface area contributed by atoms with Crippen molar-refractivity contribution in [1.82, 2.24) is 9.88 Å². The van der Waals surface area contributed by atoms with Crippen molar-refractivity contribution < 1.29 is 24.5 Å². The molecule has 7 heteroatoms. The number of nitrogens with one attached hydrogen (secondary N) is 1. The molecule has 0 bridgehead atoms. The fourth-order valence-electron chi connectivity index (χ4n) is 3.57. The van der Waals surface area contributed by atoms with Crippen molar-refractivity contribution in [2.24, 2.45) is 0 Å². The molecule has 7 nitrogen and oxygen atoms in total. The summed E-state index contributed by atoms with van der Waals surface area (Å²) in [6.45, 7) is 4.58. The van der Waals surface area contributed by atoms with Crippen molar-refractivity contribution in [3.8, 4) is 0 Å². The lowest BCUT2D eigenvalue weighted by molar-refractivity contribution is -0.00675. The number of rotatable bonds is 4. The summed E-state index contributed by atoms with van der Waals surface area (Å²) in [5, 5.41) is 23.2. The molecule has 0 spiro atoms. The average molecular weight is 334 g/mol. The maximum Gasteiger partial charge on any atom is 0.211 e. The molecular formula is C17H22N2O5. The van der Waals surface area contributed by atoms with Crippen LogP contribution < -0.4 is 5.32 Å². The number of carbonyl (C=O) groups excluding carboxylic acids is 2. The van der Waals surface area contributed by atoms with Crippen LogP contribution >= 0.6 is 0 Å². The molecule has 3 rings (SSSR count). The molecule has 0 amide bonds. The van der Waals surface area contributed by atoms with E-state index in [0.29, 0.717) is 54.2 Å². The lowest BCUT2D eigenvalue weighted by Crippen LogP contribution is -2.33. The van der Waals surface area contributed by atoms with E-state index in [1.54, 1.807) is 25.5 Å². The molecule has 0 aromatic carbocycles. The van der Waals surface area contributed by atoms with Crippen LogP contribution in [0.25, 0.3) is 0 Å². The molecule has 1 aromatic rings. The van der Waals surface area contributed by atoms with Crippen LogP contribution in [0.15, 0.2) is 11.3 Å². The Morgan fingerprint density at radius 3 is 2.62 bits per heavy atom. The maximum absolute atomic E-state index is 12.9. The van der Waals surface area contributed by atoms with Crippen molar-refractivity contribution in [1.29, 1.82) is 0 Å². The molecule has 2 atom stereocenters. The maximum atomic E-state index is 12.9. The first-order valence-corrected chi connectivity index (χ1v) is 8.02. The van der Waals surface area contributed by atoms with E-state index in [4.69, 9.17) is 4.74 Å². The summed E-state index contributed by atoms with van der Waals surface area (Å²) in [5.41, 5.74) is 2.33. The normalized spacial score (nSPS) is 23.4. The molecule has 3 N–H and O–H groups in total. The fourth-order valence-corrected chi connectivity index (χ4v) is 3.57. The number of nitrogens with zero attached hydrogens (tertiary/aromatic N) is 1. The van der Waals surface area contributed by atoms with Crippen molar-refractivity contribution >= 4 is 11.6 Å². The van der Waals surface area contributed by atoms with E-state index in [1.165, 1.54) is 0 Å². The Morgan fingerprint density at radius 1 is 1.25 bits per heavy atom. The molecule has 1 aliphatic heterocycles. The van der Waals surface area contributed by atoms with Crippen molar-refractivity contribution in [2.75, 3.05) is 20.3 Å². The molecule has 2 heterocycles. The molecular weight excluding hydrogens is 312 g/mol. The Kier molecular flexibility index (Phi) is 4.33. The molecule has 130 valence electrons. The van der Waals surface area contributed by atoms with E-state index >= 15 is 0 Å². The third-order valence-corrected chi connectivity index (χ3v) is 4.84. The molecule has 0 radical (unpaired) electrons. The van der Waals surface area contributed by atoms with Crippen LogP contribution in [0.4, 0.5) is 0 Å². The van der Waals surface area contributed by atoms with Crippen LogP contribution in [0.3, 0.4) is 0 Å². The van der Waals surface area contributed by atoms with Gasteiger partial charge in [-0.2, -0.15) is 0 Å². The van der Waals surface area contributed by atoms with Crippen LogP contribution in [0, 0.1) is 6.92 Å². The predicted molar refractivity (Wildman–Crippen MR) is 86.0 cm³/mol. The van der Waals surface area contributed by atoms with Gasteiger partial charge in [-0.15, -0.1) is 0 Å². The Balaban J connectivity index is 2.09. The number of hydrogen-bond acceptors (Lipinski definition) is 6. The van der Waals surface area contributed by atoms with E-state index in [0.717, 1.165) is 0 Å². The highest BCUT2D eigenvalue weighted by atomic mass is 16.5. The van der Waals surface area contributed by atoms with Gasteiger partial charge in [0.05, 0.1) is 29.7 Å². The summed E-state index contributed by atoms with van der Waals surface area (Å²) in [5.74, 6) is -0.471. The molecule has 1 aliphatic carbocycles. The Bertz CT molecular complexity index is 747. The van der Waals surface area contributed by atoms with Crippen LogP contribution in [0.1, 0.15) is 51.6 Å². The molecule has 24 heavy (non-hydrogen) atoms. The van der Waals surface area contributed by atoms with Crippen LogP contribution in [0.2, 0.25) is 0 Å². The second kappa shape index (κ2) is 6.16. The summed E-state index contributed by atoms with van der Waals surface area (Å²) < 4.78 is 6.66. The van der Waals surface area contributed by atoms with Crippen LogP contribution in [-0.2, 0) is 11.3 Å². The van der Waals surface area contributed by atoms with Gasteiger partial charge in [-0.25, -0.2) is 0 Å². The molecule has 0 fully saturated rings. The van der Waals surface area contributed by atoms with Gasteiger partial charge in [-0.05, 0) is 25.8 Å². The zero-order valence-electron chi connectivity index (χ0n) is 14.0. The average Bonchev–Trinajstić information content (AvgIpc) is 2.86.